The summed E-state index contributed by atoms with van der Waals surface area (Å²) < 4.78 is 0. The van der Waals surface area contributed by atoms with Crippen molar-refractivity contribution in [3.05, 3.63) is 47.5 Å². The third-order valence-electron chi connectivity index (χ3n) is 3.11. The van der Waals surface area contributed by atoms with Gasteiger partial charge in [0.25, 0.3) is 0 Å². The normalized spacial score (nSPS) is 16.6. The standard InChI is InChI=1S/C15H19NO/c1-13(17)11-14-7-9-16(10-8-14)12-15-5-3-2-4-6-15/h2-7H,8-12H2,1H3. The highest BCUT2D eigenvalue weighted by atomic mass is 16.1. The first-order chi connectivity index (χ1) is 8.24. The van der Waals surface area contributed by atoms with Crippen LogP contribution in [0.4, 0.5) is 0 Å². The van der Waals surface area contributed by atoms with Crippen LogP contribution in [0.5, 0.6) is 0 Å². The van der Waals surface area contributed by atoms with E-state index in [0.717, 1.165) is 26.1 Å². The highest BCUT2D eigenvalue weighted by molar-refractivity contribution is 5.78. The minimum Gasteiger partial charge on any atom is -0.300 e. The maximum absolute atomic E-state index is 11.0. The molecule has 0 saturated carbocycles. The first-order valence-electron chi connectivity index (χ1n) is 6.17. The highest BCUT2D eigenvalue weighted by Gasteiger charge is 2.12. The van der Waals surface area contributed by atoms with E-state index >= 15 is 0 Å². The van der Waals surface area contributed by atoms with Crippen LogP contribution in [-0.2, 0) is 11.3 Å². The molecule has 1 aliphatic heterocycles. The Morgan fingerprint density at radius 3 is 2.65 bits per heavy atom. The maximum Gasteiger partial charge on any atom is 0.133 e. The van der Waals surface area contributed by atoms with Gasteiger partial charge in [0.2, 0.25) is 0 Å². The predicted molar refractivity (Wildman–Crippen MR) is 69.7 cm³/mol. The van der Waals surface area contributed by atoms with Gasteiger partial charge in [-0.25, -0.2) is 0 Å². The van der Waals surface area contributed by atoms with Crippen molar-refractivity contribution in [2.75, 3.05) is 13.1 Å². The number of carbonyl (C=O) groups is 1. The Morgan fingerprint density at radius 1 is 1.29 bits per heavy atom. The fraction of sp³-hybridized carbons (Fsp3) is 0.400. The number of Topliss-reactive ketones (excluding diaryl/α,β-unsaturated/α-hetero) is 1. The van der Waals surface area contributed by atoms with Crippen molar-refractivity contribution in [2.45, 2.75) is 26.3 Å². The highest BCUT2D eigenvalue weighted by Crippen LogP contribution is 2.16. The van der Waals surface area contributed by atoms with Crippen molar-refractivity contribution in [2.24, 2.45) is 0 Å². The largest absolute Gasteiger partial charge is 0.300 e. The molecule has 1 aliphatic rings. The molecule has 1 heterocycles. The van der Waals surface area contributed by atoms with Crippen LogP contribution >= 0.6 is 0 Å². The maximum atomic E-state index is 11.0. The van der Waals surface area contributed by atoms with Gasteiger partial charge in [0, 0.05) is 26.1 Å². The zero-order valence-electron chi connectivity index (χ0n) is 10.4. The Labute approximate surface area is 103 Å². The molecule has 0 spiro atoms. The lowest BCUT2D eigenvalue weighted by Crippen LogP contribution is -2.28. The molecule has 0 aliphatic carbocycles. The van der Waals surface area contributed by atoms with Crippen LogP contribution in [0.15, 0.2) is 42.0 Å². The average molecular weight is 229 g/mol. The Balaban J connectivity index is 1.87. The molecule has 0 N–H and O–H groups in total. The third kappa shape index (κ3) is 3.82. The fourth-order valence-electron chi connectivity index (χ4n) is 2.22. The molecular weight excluding hydrogens is 210 g/mol. The van der Waals surface area contributed by atoms with E-state index in [1.807, 2.05) is 6.07 Å². The summed E-state index contributed by atoms with van der Waals surface area (Å²) >= 11 is 0. The van der Waals surface area contributed by atoms with E-state index in [1.54, 1.807) is 6.92 Å². The van der Waals surface area contributed by atoms with Crippen LogP contribution in [0.25, 0.3) is 0 Å². The van der Waals surface area contributed by atoms with Gasteiger partial charge in [-0.15, -0.1) is 0 Å². The fourth-order valence-corrected chi connectivity index (χ4v) is 2.22. The van der Waals surface area contributed by atoms with Crippen LogP contribution in [-0.4, -0.2) is 23.8 Å². The van der Waals surface area contributed by atoms with Gasteiger partial charge in [-0.1, -0.05) is 42.0 Å². The monoisotopic (exact) mass is 229 g/mol. The Kier molecular flexibility index (Phi) is 4.10. The molecule has 90 valence electrons. The zero-order valence-corrected chi connectivity index (χ0v) is 10.4. The Bertz CT molecular complexity index is 408. The molecule has 17 heavy (non-hydrogen) atoms. The number of hydrogen-bond acceptors (Lipinski definition) is 2. The van der Waals surface area contributed by atoms with E-state index in [4.69, 9.17) is 0 Å². The van der Waals surface area contributed by atoms with Crippen molar-refractivity contribution in [3.8, 4) is 0 Å². The third-order valence-corrected chi connectivity index (χ3v) is 3.11. The lowest BCUT2D eigenvalue weighted by Gasteiger charge is -2.26. The average Bonchev–Trinajstić information content (AvgIpc) is 2.32. The lowest BCUT2D eigenvalue weighted by atomic mass is 10.0. The van der Waals surface area contributed by atoms with Crippen molar-refractivity contribution < 1.29 is 4.79 Å². The predicted octanol–water partition coefficient (Wildman–Crippen LogP) is 2.80. The van der Waals surface area contributed by atoms with Gasteiger partial charge in [-0.3, -0.25) is 9.69 Å². The number of ketones is 1. The summed E-state index contributed by atoms with van der Waals surface area (Å²) in [5.74, 6) is 0.271. The van der Waals surface area contributed by atoms with Gasteiger partial charge >= 0.3 is 0 Å². The molecule has 1 aromatic carbocycles. The molecule has 0 amide bonds. The summed E-state index contributed by atoms with van der Waals surface area (Å²) in [6, 6.07) is 10.5. The number of nitrogens with zero attached hydrogens (tertiary/aromatic N) is 1. The zero-order chi connectivity index (χ0) is 12.1. The second kappa shape index (κ2) is 5.78. The molecule has 0 bridgehead atoms. The quantitative estimate of drug-likeness (QED) is 0.740. The van der Waals surface area contributed by atoms with Gasteiger partial charge in [0.1, 0.15) is 5.78 Å². The summed E-state index contributed by atoms with van der Waals surface area (Å²) in [6.45, 7) is 4.70. The smallest absolute Gasteiger partial charge is 0.133 e. The van der Waals surface area contributed by atoms with Crippen LogP contribution in [0, 0.1) is 0 Å². The first-order valence-corrected chi connectivity index (χ1v) is 6.17. The van der Waals surface area contributed by atoms with Crippen molar-refractivity contribution in [1.82, 2.24) is 4.90 Å². The van der Waals surface area contributed by atoms with Gasteiger partial charge in [0.15, 0.2) is 0 Å². The molecular formula is C15H19NO. The molecule has 2 nitrogen and oxygen atoms in total. The molecule has 2 heteroatoms. The van der Waals surface area contributed by atoms with E-state index in [2.05, 4.69) is 35.2 Å². The van der Waals surface area contributed by atoms with E-state index in [9.17, 15) is 4.79 Å². The van der Waals surface area contributed by atoms with E-state index in [1.165, 1.54) is 11.1 Å². The molecule has 0 unspecified atom stereocenters. The van der Waals surface area contributed by atoms with Crippen LogP contribution in [0.2, 0.25) is 0 Å². The minimum absolute atomic E-state index is 0.271. The van der Waals surface area contributed by atoms with Gasteiger partial charge in [0.05, 0.1) is 0 Å². The van der Waals surface area contributed by atoms with Gasteiger partial charge in [-0.05, 0) is 18.9 Å². The topological polar surface area (TPSA) is 20.3 Å². The molecule has 0 aromatic heterocycles. The van der Waals surface area contributed by atoms with Gasteiger partial charge < -0.3 is 0 Å². The summed E-state index contributed by atoms with van der Waals surface area (Å²) in [7, 11) is 0. The van der Waals surface area contributed by atoms with E-state index < -0.39 is 0 Å². The van der Waals surface area contributed by atoms with Gasteiger partial charge in [-0.2, -0.15) is 0 Å². The van der Waals surface area contributed by atoms with Crippen LogP contribution in [0.3, 0.4) is 0 Å². The van der Waals surface area contributed by atoms with Crippen molar-refractivity contribution in [1.29, 1.82) is 0 Å². The molecule has 0 fully saturated rings. The second-order valence-electron chi connectivity index (χ2n) is 4.71. The molecule has 0 saturated heterocycles. The molecule has 1 aromatic rings. The molecule has 2 rings (SSSR count). The summed E-state index contributed by atoms with van der Waals surface area (Å²) in [5, 5.41) is 0. The molecule has 0 atom stereocenters. The van der Waals surface area contributed by atoms with Crippen molar-refractivity contribution >= 4 is 5.78 Å². The number of benzene rings is 1. The SMILES string of the molecule is CC(=O)CC1=CCN(Cc2ccccc2)CC1. The number of rotatable bonds is 4. The van der Waals surface area contributed by atoms with Crippen molar-refractivity contribution in [3.63, 3.8) is 0 Å². The Morgan fingerprint density at radius 2 is 2.06 bits per heavy atom. The Hall–Kier alpha value is -1.41. The summed E-state index contributed by atoms with van der Waals surface area (Å²) in [6.07, 6.45) is 3.89. The summed E-state index contributed by atoms with van der Waals surface area (Å²) in [5.41, 5.74) is 2.66. The van der Waals surface area contributed by atoms with Crippen LogP contribution < -0.4 is 0 Å². The second-order valence-corrected chi connectivity index (χ2v) is 4.71. The van der Waals surface area contributed by atoms with E-state index in [-0.39, 0.29) is 5.78 Å². The number of hydrogen-bond donors (Lipinski definition) is 0. The van der Waals surface area contributed by atoms with Crippen LogP contribution in [0.1, 0.15) is 25.3 Å². The first kappa shape index (κ1) is 12.1. The molecule has 0 radical (unpaired) electrons. The summed E-state index contributed by atoms with van der Waals surface area (Å²) in [4.78, 5) is 13.4. The van der Waals surface area contributed by atoms with E-state index in [0.29, 0.717) is 6.42 Å². The minimum atomic E-state index is 0.271. The number of carbonyl (C=O) groups excluding carboxylic acids is 1. The lowest BCUT2D eigenvalue weighted by molar-refractivity contribution is -0.116.